The molecule has 5 heteroatoms. The lowest BCUT2D eigenvalue weighted by molar-refractivity contribution is -0.0760. The van der Waals surface area contributed by atoms with Gasteiger partial charge in [0.2, 0.25) is 0 Å². The maximum atomic E-state index is 5.98. The topological polar surface area (TPSA) is 47.0 Å². The Kier molecular flexibility index (Phi) is 3.67. The van der Waals surface area contributed by atoms with Crippen LogP contribution in [0, 0.1) is 0 Å². The van der Waals surface area contributed by atoms with Gasteiger partial charge in [-0.2, -0.15) is 11.8 Å². The molecule has 4 nitrogen and oxygen atoms in total. The van der Waals surface area contributed by atoms with Crippen molar-refractivity contribution in [3.63, 3.8) is 0 Å². The predicted molar refractivity (Wildman–Crippen MR) is 78.3 cm³/mol. The molecule has 19 heavy (non-hydrogen) atoms. The van der Waals surface area contributed by atoms with E-state index in [2.05, 4.69) is 19.2 Å². The van der Waals surface area contributed by atoms with E-state index in [-0.39, 0.29) is 5.60 Å². The van der Waals surface area contributed by atoms with Crippen molar-refractivity contribution in [1.29, 1.82) is 0 Å². The van der Waals surface area contributed by atoms with E-state index in [1.165, 1.54) is 17.7 Å². The number of rotatable bonds is 3. The molecule has 0 aromatic carbocycles. The van der Waals surface area contributed by atoms with Crippen LogP contribution in [0.2, 0.25) is 0 Å². The van der Waals surface area contributed by atoms with E-state index >= 15 is 0 Å². The van der Waals surface area contributed by atoms with Crippen LogP contribution in [0.25, 0.3) is 0 Å². The largest absolute Gasteiger partial charge is 0.370 e. The number of fused-ring (bicyclic) bond motifs is 1. The number of anilines is 1. The fourth-order valence-electron chi connectivity index (χ4n) is 2.71. The molecule has 1 aromatic heterocycles. The highest BCUT2D eigenvalue weighted by molar-refractivity contribution is 7.98. The fourth-order valence-corrected chi connectivity index (χ4v) is 3.75. The van der Waals surface area contributed by atoms with E-state index in [1.807, 2.05) is 11.8 Å². The second kappa shape index (κ2) is 5.29. The lowest BCUT2D eigenvalue weighted by atomic mass is 9.95. The minimum absolute atomic E-state index is 0.301. The number of thioether (sulfide) groups is 1. The summed E-state index contributed by atoms with van der Waals surface area (Å²) >= 11 is 1.91. The number of nitrogens with zero attached hydrogens (tertiary/aromatic N) is 2. The zero-order valence-electron chi connectivity index (χ0n) is 11.7. The molecule has 0 spiro atoms. The summed E-state index contributed by atoms with van der Waals surface area (Å²) in [6.07, 6.45) is 3.36. The highest BCUT2D eigenvalue weighted by atomic mass is 32.2. The number of hydrogen-bond donors (Lipinski definition) is 1. The van der Waals surface area contributed by atoms with Crippen molar-refractivity contribution >= 4 is 17.6 Å². The molecule has 1 fully saturated rings. The van der Waals surface area contributed by atoms with Crippen LogP contribution in [0.5, 0.6) is 0 Å². The number of ether oxygens (including phenoxy) is 1. The van der Waals surface area contributed by atoms with Crippen LogP contribution in [-0.2, 0) is 21.8 Å². The van der Waals surface area contributed by atoms with Crippen LogP contribution in [0.1, 0.15) is 50.2 Å². The van der Waals surface area contributed by atoms with Crippen molar-refractivity contribution in [2.75, 3.05) is 18.5 Å². The minimum atomic E-state index is -0.301. The van der Waals surface area contributed by atoms with Gasteiger partial charge in [0.05, 0.1) is 5.69 Å². The Morgan fingerprint density at radius 1 is 1.32 bits per heavy atom. The monoisotopic (exact) mass is 279 g/mol. The molecule has 3 heterocycles. The second-order valence-electron chi connectivity index (χ2n) is 5.38. The third-order valence-electron chi connectivity index (χ3n) is 3.86. The van der Waals surface area contributed by atoms with E-state index in [9.17, 15) is 0 Å². The summed E-state index contributed by atoms with van der Waals surface area (Å²) in [5, 5.41) is 3.38. The molecule has 0 aliphatic carbocycles. The van der Waals surface area contributed by atoms with E-state index in [1.54, 1.807) is 0 Å². The van der Waals surface area contributed by atoms with Gasteiger partial charge in [0.15, 0.2) is 5.82 Å². The molecule has 1 saturated heterocycles. The quantitative estimate of drug-likeness (QED) is 0.921. The van der Waals surface area contributed by atoms with Gasteiger partial charge in [-0.3, -0.25) is 0 Å². The van der Waals surface area contributed by atoms with Gasteiger partial charge in [-0.15, -0.1) is 0 Å². The van der Waals surface area contributed by atoms with Crippen LogP contribution in [0.4, 0.5) is 5.82 Å². The van der Waals surface area contributed by atoms with Gasteiger partial charge in [-0.25, -0.2) is 9.97 Å². The Morgan fingerprint density at radius 2 is 2.21 bits per heavy atom. The Morgan fingerprint density at radius 3 is 2.95 bits per heavy atom. The molecule has 0 amide bonds. The number of aromatic nitrogens is 2. The average molecular weight is 279 g/mol. The molecule has 104 valence electrons. The first-order valence-corrected chi connectivity index (χ1v) is 8.24. The van der Waals surface area contributed by atoms with Crippen molar-refractivity contribution in [2.24, 2.45) is 0 Å². The van der Waals surface area contributed by atoms with E-state index < -0.39 is 0 Å². The second-order valence-corrected chi connectivity index (χ2v) is 6.37. The molecule has 2 aliphatic heterocycles. The van der Waals surface area contributed by atoms with Crippen LogP contribution < -0.4 is 5.32 Å². The SMILES string of the molecule is CCNc1nc(C2(C)CCCCO2)nc2c1CSC2. The van der Waals surface area contributed by atoms with Crippen molar-refractivity contribution < 1.29 is 4.74 Å². The standard InChI is InChI=1S/C14H21N3OS/c1-3-15-12-10-8-19-9-11(10)16-13(17-12)14(2)6-4-5-7-18-14/h3-9H2,1-2H3,(H,15,16,17). The smallest absolute Gasteiger partial charge is 0.162 e. The Hall–Kier alpha value is -0.810. The van der Waals surface area contributed by atoms with Gasteiger partial charge in [0, 0.05) is 30.2 Å². The van der Waals surface area contributed by atoms with Crippen LogP contribution in [0.15, 0.2) is 0 Å². The van der Waals surface area contributed by atoms with Crippen LogP contribution in [0.3, 0.4) is 0 Å². The van der Waals surface area contributed by atoms with Crippen molar-refractivity contribution in [2.45, 2.75) is 50.2 Å². The van der Waals surface area contributed by atoms with Crippen molar-refractivity contribution in [3.05, 3.63) is 17.1 Å². The first-order valence-electron chi connectivity index (χ1n) is 7.09. The van der Waals surface area contributed by atoms with E-state index in [0.717, 1.165) is 49.1 Å². The molecule has 1 aromatic rings. The van der Waals surface area contributed by atoms with Crippen LogP contribution >= 0.6 is 11.8 Å². The molecule has 3 rings (SSSR count). The normalized spacial score (nSPS) is 26.2. The summed E-state index contributed by atoms with van der Waals surface area (Å²) in [4.78, 5) is 9.56. The summed E-state index contributed by atoms with van der Waals surface area (Å²) in [6, 6.07) is 0. The highest BCUT2D eigenvalue weighted by Gasteiger charge is 2.35. The molecule has 1 atom stereocenters. The van der Waals surface area contributed by atoms with Gasteiger partial charge >= 0.3 is 0 Å². The fraction of sp³-hybridized carbons (Fsp3) is 0.714. The first-order chi connectivity index (χ1) is 9.23. The first kappa shape index (κ1) is 13.2. The lowest BCUT2D eigenvalue weighted by Crippen LogP contribution is -2.33. The zero-order chi connectivity index (χ0) is 13.3. The van der Waals surface area contributed by atoms with Gasteiger partial charge < -0.3 is 10.1 Å². The summed E-state index contributed by atoms with van der Waals surface area (Å²) in [5.74, 6) is 3.90. The van der Waals surface area contributed by atoms with E-state index in [4.69, 9.17) is 14.7 Å². The predicted octanol–water partition coefficient (Wildman–Crippen LogP) is 3.07. The number of nitrogens with one attached hydrogen (secondary N) is 1. The maximum Gasteiger partial charge on any atom is 0.162 e. The van der Waals surface area contributed by atoms with Gasteiger partial charge in [0.1, 0.15) is 11.4 Å². The molecular weight excluding hydrogens is 258 g/mol. The molecule has 1 N–H and O–H groups in total. The highest BCUT2D eigenvalue weighted by Crippen LogP contribution is 2.37. The Balaban J connectivity index is 1.99. The van der Waals surface area contributed by atoms with Gasteiger partial charge in [-0.05, 0) is 33.1 Å². The molecule has 0 bridgehead atoms. The maximum absolute atomic E-state index is 5.98. The third kappa shape index (κ3) is 2.46. The Labute approximate surface area is 118 Å². The lowest BCUT2D eigenvalue weighted by Gasteiger charge is -2.32. The van der Waals surface area contributed by atoms with Crippen molar-refractivity contribution in [1.82, 2.24) is 9.97 Å². The summed E-state index contributed by atoms with van der Waals surface area (Å²) in [7, 11) is 0. The molecule has 1 unspecified atom stereocenters. The summed E-state index contributed by atoms with van der Waals surface area (Å²) in [5.41, 5.74) is 2.18. The average Bonchev–Trinajstić information content (AvgIpc) is 2.88. The third-order valence-corrected chi connectivity index (χ3v) is 4.83. The summed E-state index contributed by atoms with van der Waals surface area (Å²) in [6.45, 7) is 5.95. The van der Waals surface area contributed by atoms with E-state index in [0.29, 0.717) is 0 Å². The Bertz CT molecular complexity index is 472. The van der Waals surface area contributed by atoms with Crippen molar-refractivity contribution in [3.8, 4) is 0 Å². The zero-order valence-corrected chi connectivity index (χ0v) is 12.5. The van der Waals surface area contributed by atoms with Gasteiger partial charge in [0.25, 0.3) is 0 Å². The minimum Gasteiger partial charge on any atom is -0.370 e. The molecule has 0 radical (unpaired) electrons. The molecule has 2 aliphatic rings. The molecule has 0 saturated carbocycles. The summed E-state index contributed by atoms with van der Waals surface area (Å²) < 4.78 is 5.98. The van der Waals surface area contributed by atoms with Crippen LogP contribution in [-0.4, -0.2) is 23.1 Å². The van der Waals surface area contributed by atoms with Gasteiger partial charge in [-0.1, -0.05) is 0 Å². The number of hydrogen-bond acceptors (Lipinski definition) is 5. The molecular formula is C14H21N3OS.